The number of hydrogen-bond acceptors (Lipinski definition) is 5. The van der Waals surface area contributed by atoms with E-state index in [1.165, 1.54) is 20.3 Å². The summed E-state index contributed by atoms with van der Waals surface area (Å²) in [6.45, 7) is 3.36. The number of benzene rings is 2. The number of carbonyl (C=O) groups excluding carboxylic acids is 1. The fourth-order valence-electron chi connectivity index (χ4n) is 2.00. The Balaban J connectivity index is 2.60. The van der Waals surface area contributed by atoms with E-state index in [4.69, 9.17) is 14.2 Å². The van der Waals surface area contributed by atoms with Crippen LogP contribution in [0.25, 0.3) is 11.1 Å². The fourth-order valence-corrected chi connectivity index (χ4v) is 2.00. The van der Waals surface area contributed by atoms with Crippen molar-refractivity contribution >= 4 is 5.97 Å². The fraction of sp³-hybridized carbons (Fsp3) is 0.118. The largest absolute Gasteiger partial charge is 0.507 e. The molecule has 0 fully saturated rings. The number of hydrogen-bond donors (Lipinski definition) is 1. The Bertz CT molecular complexity index is 684. The highest BCUT2D eigenvalue weighted by atomic mass is 16.5. The van der Waals surface area contributed by atoms with Gasteiger partial charge in [0, 0.05) is 12.1 Å². The molecule has 0 saturated carbocycles. The number of methoxy groups -OCH3 is 2. The Labute approximate surface area is 128 Å². The van der Waals surface area contributed by atoms with E-state index in [-0.39, 0.29) is 11.5 Å². The molecule has 1 N–H and O–H groups in total. The minimum absolute atomic E-state index is 0.0235. The molecule has 0 bridgehead atoms. The first-order valence-electron chi connectivity index (χ1n) is 6.48. The van der Waals surface area contributed by atoms with E-state index >= 15 is 0 Å². The number of aromatic hydroxyl groups is 1. The van der Waals surface area contributed by atoms with E-state index in [0.717, 1.165) is 6.08 Å². The van der Waals surface area contributed by atoms with Crippen LogP contribution < -0.4 is 14.2 Å². The summed E-state index contributed by atoms with van der Waals surface area (Å²) in [7, 11) is 3.06. The van der Waals surface area contributed by atoms with Crippen molar-refractivity contribution in [1.82, 2.24) is 0 Å². The lowest BCUT2D eigenvalue weighted by Gasteiger charge is -2.13. The number of rotatable bonds is 5. The van der Waals surface area contributed by atoms with Crippen LogP contribution in [0, 0.1) is 0 Å². The Morgan fingerprint density at radius 3 is 2.32 bits per heavy atom. The van der Waals surface area contributed by atoms with E-state index in [0.29, 0.717) is 22.6 Å². The predicted octanol–water partition coefficient (Wildman–Crippen LogP) is 3.17. The van der Waals surface area contributed by atoms with Crippen molar-refractivity contribution in [2.45, 2.75) is 0 Å². The first-order chi connectivity index (χ1) is 10.6. The average Bonchev–Trinajstić information content (AvgIpc) is 2.54. The quantitative estimate of drug-likeness (QED) is 0.522. The summed E-state index contributed by atoms with van der Waals surface area (Å²) >= 11 is 0. The molecule has 0 saturated heterocycles. The molecule has 2 aromatic carbocycles. The highest BCUT2D eigenvalue weighted by molar-refractivity contribution is 5.87. The van der Waals surface area contributed by atoms with Crippen molar-refractivity contribution < 1.29 is 24.1 Å². The van der Waals surface area contributed by atoms with Gasteiger partial charge in [-0.25, -0.2) is 4.79 Å². The van der Waals surface area contributed by atoms with Gasteiger partial charge < -0.3 is 19.3 Å². The van der Waals surface area contributed by atoms with E-state index in [1.54, 1.807) is 30.3 Å². The summed E-state index contributed by atoms with van der Waals surface area (Å²) in [4.78, 5) is 11.5. The van der Waals surface area contributed by atoms with Crippen molar-refractivity contribution in [1.29, 1.82) is 0 Å². The molecule has 0 aromatic heterocycles. The molecule has 0 aliphatic rings. The third-order valence-corrected chi connectivity index (χ3v) is 3.02. The third kappa shape index (κ3) is 3.20. The van der Waals surface area contributed by atoms with Gasteiger partial charge in [-0.2, -0.15) is 0 Å². The summed E-state index contributed by atoms with van der Waals surface area (Å²) < 4.78 is 15.6. The zero-order chi connectivity index (χ0) is 16.1. The Kier molecular flexibility index (Phi) is 4.68. The highest BCUT2D eigenvalue weighted by Gasteiger charge is 2.15. The van der Waals surface area contributed by atoms with Crippen LogP contribution in [0.15, 0.2) is 49.1 Å². The van der Waals surface area contributed by atoms with Gasteiger partial charge in [0.2, 0.25) is 0 Å². The van der Waals surface area contributed by atoms with Gasteiger partial charge in [-0.15, -0.1) is 0 Å². The summed E-state index contributed by atoms with van der Waals surface area (Å²) in [5, 5.41) is 10.2. The molecule has 22 heavy (non-hydrogen) atoms. The summed E-state index contributed by atoms with van der Waals surface area (Å²) in [6.07, 6.45) is 1.06. The molecule has 114 valence electrons. The van der Waals surface area contributed by atoms with Crippen LogP contribution in [0.3, 0.4) is 0 Å². The van der Waals surface area contributed by atoms with E-state index < -0.39 is 5.97 Å². The number of phenols is 1. The second kappa shape index (κ2) is 6.67. The smallest absolute Gasteiger partial charge is 0.335 e. The van der Waals surface area contributed by atoms with Crippen LogP contribution in [-0.4, -0.2) is 25.3 Å². The summed E-state index contributed by atoms with van der Waals surface area (Å²) in [5.74, 6) is 0.698. The van der Waals surface area contributed by atoms with E-state index in [2.05, 4.69) is 6.58 Å². The third-order valence-electron chi connectivity index (χ3n) is 3.02. The maximum absolute atomic E-state index is 11.5. The predicted molar refractivity (Wildman–Crippen MR) is 82.5 cm³/mol. The number of carbonyl (C=O) groups is 1. The zero-order valence-corrected chi connectivity index (χ0v) is 12.3. The van der Waals surface area contributed by atoms with E-state index in [1.807, 2.05) is 0 Å². The van der Waals surface area contributed by atoms with Gasteiger partial charge in [0.25, 0.3) is 0 Å². The average molecular weight is 300 g/mol. The standard InChI is InChI=1S/C17H16O5/c1-4-16(19)22-15-7-5-6-14(18)17(15)11-8-12(20-2)10-13(9-11)21-3/h4-10,18H,1H2,2-3H3. The lowest BCUT2D eigenvalue weighted by molar-refractivity contribution is -0.128. The van der Waals surface area contributed by atoms with Crippen molar-refractivity contribution in [2.24, 2.45) is 0 Å². The first-order valence-corrected chi connectivity index (χ1v) is 6.48. The van der Waals surface area contributed by atoms with Gasteiger partial charge in [-0.05, 0) is 29.8 Å². The molecule has 0 spiro atoms. The van der Waals surface area contributed by atoms with Gasteiger partial charge >= 0.3 is 5.97 Å². The molecule has 0 amide bonds. The molecule has 0 heterocycles. The first kappa shape index (κ1) is 15.4. The maximum atomic E-state index is 11.5. The number of ether oxygens (including phenoxy) is 3. The molecule has 0 radical (unpaired) electrons. The van der Waals surface area contributed by atoms with Crippen molar-refractivity contribution in [3.63, 3.8) is 0 Å². The Hall–Kier alpha value is -2.95. The Morgan fingerprint density at radius 1 is 1.14 bits per heavy atom. The molecular formula is C17H16O5. The molecule has 2 rings (SSSR count). The van der Waals surface area contributed by atoms with Gasteiger partial charge in [-0.3, -0.25) is 0 Å². The minimum Gasteiger partial charge on any atom is -0.507 e. The summed E-state index contributed by atoms with van der Waals surface area (Å²) in [6, 6.07) is 9.81. The second-order valence-corrected chi connectivity index (χ2v) is 4.38. The number of phenolic OH excluding ortho intramolecular Hbond substituents is 1. The van der Waals surface area contributed by atoms with Gasteiger partial charge in [0.1, 0.15) is 23.0 Å². The van der Waals surface area contributed by atoms with Crippen molar-refractivity contribution in [2.75, 3.05) is 14.2 Å². The van der Waals surface area contributed by atoms with E-state index in [9.17, 15) is 9.90 Å². The minimum atomic E-state index is -0.610. The zero-order valence-electron chi connectivity index (χ0n) is 12.3. The van der Waals surface area contributed by atoms with Gasteiger partial charge in [0.05, 0.1) is 19.8 Å². The molecular weight excluding hydrogens is 284 g/mol. The van der Waals surface area contributed by atoms with Crippen LogP contribution in [0.2, 0.25) is 0 Å². The SMILES string of the molecule is C=CC(=O)Oc1cccc(O)c1-c1cc(OC)cc(OC)c1. The molecule has 5 nitrogen and oxygen atoms in total. The van der Waals surface area contributed by atoms with Crippen molar-refractivity contribution in [3.8, 4) is 34.1 Å². The van der Waals surface area contributed by atoms with Crippen LogP contribution in [0.4, 0.5) is 0 Å². The number of esters is 1. The normalized spacial score (nSPS) is 9.91. The van der Waals surface area contributed by atoms with Crippen LogP contribution in [-0.2, 0) is 4.79 Å². The monoisotopic (exact) mass is 300 g/mol. The molecule has 2 aromatic rings. The van der Waals surface area contributed by atoms with Crippen LogP contribution >= 0.6 is 0 Å². The molecule has 0 aliphatic heterocycles. The van der Waals surface area contributed by atoms with Crippen LogP contribution in [0.5, 0.6) is 23.0 Å². The lowest BCUT2D eigenvalue weighted by Crippen LogP contribution is -2.04. The van der Waals surface area contributed by atoms with Crippen molar-refractivity contribution in [3.05, 3.63) is 49.1 Å². The molecule has 0 aliphatic carbocycles. The van der Waals surface area contributed by atoms with Crippen LogP contribution in [0.1, 0.15) is 0 Å². The molecule has 0 atom stereocenters. The highest BCUT2D eigenvalue weighted by Crippen LogP contribution is 2.40. The summed E-state index contributed by atoms with van der Waals surface area (Å²) in [5.41, 5.74) is 0.969. The lowest BCUT2D eigenvalue weighted by atomic mass is 10.0. The topological polar surface area (TPSA) is 65.0 Å². The second-order valence-electron chi connectivity index (χ2n) is 4.38. The molecule has 5 heteroatoms. The van der Waals surface area contributed by atoms with Gasteiger partial charge in [-0.1, -0.05) is 12.6 Å². The Morgan fingerprint density at radius 2 is 1.77 bits per heavy atom. The van der Waals surface area contributed by atoms with Gasteiger partial charge in [0.15, 0.2) is 0 Å². The maximum Gasteiger partial charge on any atom is 0.335 e. The molecule has 0 unspecified atom stereocenters.